The number of nitrogens with zero attached hydrogens (tertiary/aromatic N) is 1. The lowest BCUT2D eigenvalue weighted by Gasteiger charge is -2.01. The van der Waals surface area contributed by atoms with Crippen LogP contribution in [0.15, 0.2) is 36.4 Å². The Labute approximate surface area is 131 Å². The van der Waals surface area contributed by atoms with E-state index < -0.39 is 0 Å². The summed E-state index contributed by atoms with van der Waals surface area (Å²) in [6.45, 7) is 8.26. The molecule has 0 bridgehead atoms. The molecule has 4 rings (SSSR count). The zero-order valence-electron chi connectivity index (χ0n) is 13.5. The van der Waals surface area contributed by atoms with Crippen LogP contribution < -0.4 is 10.6 Å². The van der Waals surface area contributed by atoms with E-state index in [1.54, 1.807) is 0 Å². The summed E-state index contributed by atoms with van der Waals surface area (Å²) in [5.41, 5.74) is 7.17. The zero-order chi connectivity index (χ0) is 15.7. The van der Waals surface area contributed by atoms with Gasteiger partial charge in [0.25, 0.3) is 0 Å². The molecule has 0 saturated carbocycles. The lowest BCUT2D eigenvalue weighted by molar-refractivity contribution is 0.956. The lowest BCUT2D eigenvalue weighted by Crippen LogP contribution is -2.16. The first-order chi connectivity index (χ1) is 10.5. The molecular weight excluding hydrogens is 272 g/mol. The summed E-state index contributed by atoms with van der Waals surface area (Å²) in [7, 11) is 0. The smallest absolute Gasteiger partial charge is 0.104 e. The highest BCUT2D eigenvalue weighted by atomic mass is 15.2. The van der Waals surface area contributed by atoms with Gasteiger partial charge in [0.05, 0.1) is 28.6 Å². The van der Waals surface area contributed by atoms with Gasteiger partial charge in [-0.3, -0.25) is 0 Å². The molecule has 0 radical (unpaired) electrons. The molecule has 3 N–H and O–H groups in total. The Kier molecular flexibility index (Phi) is 3.75. The van der Waals surface area contributed by atoms with Crippen LogP contribution in [-0.2, 0) is 0 Å². The number of anilines is 2. The molecule has 4 heteroatoms. The summed E-state index contributed by atoms with van der Waals surface area (Å²) in [6, 6.07) is 12.6. The van der Waals surface area contributed by atoms with Crippen LogP contribution in [0.3, 0.4) is 0 Å². The van der Waals surface area contributed by atoms with Gasteiger partial charge in [0.1, 0.15) is 5.82 Å². The fraction of sp³-hybridized carbons (Fsp3) is 0.278. The number of hydrogen-bond donors (Lipinski definition) is 3. The molecule has 114 valence electrons. The highest BCUT2D eigenvalue weighted by Crippen LogP contribution is 2.28. The average Bonchev–Trinajstić information content (AvgIpc) is 2.99. The van der Waals surface area contributed by atoms with Crippen LogP contribution in [0.2, 0.25) is 0 Å². The molecule has 0 saturated heterocycles. The van der Waals surface area contributed by atoms with Crippen molar-refractivity contribution in [2.45, 2.75) is 33.9 Å². The normalized spacial score (nSPS) is 15.5. The van der Waals surface area contributed by atoms with E-state index in [-0.39, 0.29) is 0 Å². The maximum Gasteiger partial charge on any atom is 0.104 e. The number of imidazole rings is 1. The van der Waals surface area contributed by atoms with Gasteiger partial charge in [-0.2, -0.15) is 0 Å². The minimum atomic E-state index is 0.367. The van der Waals surface area contributed by atoms with Gasteiger partial charge in [-0.1, -0.05) is 12.1 Å². The Morgan fingerprint density at radius 1 is 0.864 bits per heavy atom. The van der Waals surface area contributed by atoms with Gasteiger partial charge in [-0.05, 0) is 63.1 Å². The van der Waals surface area contributed by atoms with Crippen LogP contribution in [0.25, 0.3) is 11.0 Å². The summed E-state index contributed by atoms with van der Waals surface area (Å²) in [5.74, 6) is 0.977. The number of H-pyrrole nitrogens is 1. The van der Waals surface area contributed by atoms with Crippen LogP contribution in [-0.4, -0.2) is 16.1 Å². The molecule has 1 aliphatic rings. The van der Waals surface area contributed by atoms with Crippen molar-refractivity contribution in [3.63, 3.8) is 0 Å². The van der Waals surface area contributed by atoms with Crippen LogP contribution in [0.1, 0.15) is 23.9 Å². The summed E-state index contributed by atoms with van der Waals surface area (Å²) in [4.78, 5) is 7.49. The largest absolute Gasteiger partial charge is 0.364 e. The number of aromatic amines is 1. The predicted molar refractivity (Wildman–Crippen MR) is 93.5 cm³/mol. The number of hydrogen-bond acceptors (Lipinski definition) is 3. The number of nitrogens with one attached hydrogen (secondary N) is 3. The van der Waals surface area contributed by atoms with Crippen molar-refractivity contribution in [3.8, 4) is 0 Å². The number of aryl methyl sites for hydroxylation is 3. The fourth-order valence-corrected chi connectivity index (χ4v) is 2.66. The first kappa shape index (κ1) is 14.4. The van der Waals surface area contributed by atoms with E-state index in [4.69, 9.17) is 0 Å². The van der Waals surface area contributed by atoms with Crippen LogP contribution in [0.5, 0.6) is 0 Å². The van der Waals surface area contributed by atoms with Crippen LogP contribution in [0, 0.1) is 20.8 Å². The number of benzene rings is 2. The molecule has 1 atom stereocenters. The van der Waals surface area contributed by atoms with Gasteiger partial charge >= 0.3 is 0 Å². The van der Waals surface area contributed by atoms with Crippen molar-refractivity contribution in [1.29, 1.82) is 0 Å². The Bertz CT molecular complexity index is 804. The molecular formula is C18H22N4. The van der Waals surface area contributed by atoms with E-state index >= 15 is 0 Å². The van der Waals surface area contributed by atoms with E-state index in [1.807, 2.05) is 13.0 Å². The Balaban J connectivity index is 0.000000131. The molecule has 0 fully saturated rings. The van der Waals surface area contributed by atoms with Crippen LogP contribution >= 0.6 is 0 Å². The number of aromatic nitrogens is 2. The summed E-state index contributed by atoms with van der Waals surface area (Å²) in [6.07, 6.45) is 0.367. The maximum absolute atomic E-state index is 4.30. The third kappa shape index (κ3) is 3.06. The van der Waals surface area contributed by atoms with Gasteiger partial charge in [-0.25, -0.2) is 4.98 Å². The van der Waals surface area contributed by atoms with E-state index in [0.29, 0.717) is 6.17 Å². The standard InChI is InChI=1S/C9H12N2.C9H10N2/c2*1-6-3-4-8-9(5-6)11-7(2)10-8/h3-5,7,10-11H,1-2H3;3-5H,1-2H3,(H,10,11). The van der Waals surface area contributed by atoms with Crippen molar-refractivity contribution in [2.24, 2.45) is 0 Å². The SMILES string of the molecule is Cc1ccc2c(c1)NC(C)N2.Cc1ccc2nc(C)[nH]c2c1. The molecule has 1 aliphatic heterocycles. The molecule has 0 amide bonds. The van der Waals surface area contributed by atoms with E-state index in [1.165, 1.54) is 22.5 Å². The first-order valence-corrected chi connectivity index (χ1v) is 7.58. The molecule has 0 aliphatic carbocycles. The Morgan fingerprint density at radius 3 is 2.36 bits per heavy atom. The third-order valence-corrected chi connectivity index (χ3v) is 3.67. The highest BCUT2D eigenvalue weighted by Gasteiger charge is 2.13. The van der Waals surface area contributed by atoms with E-state index in [2.05, 4.69) is 71.7 Å². The molecule has 0 spiro atoms. The minimum absolute atomic E-state index is 0.367. The third-order valence-electron chi connectivity index (χ3n) is 3.67. The molecule has 4 nitrogen and oxygen atoms in total. The quantitative estimate of drug-likeness (QED) is 0.577. The van der Waals surface area contributed by atoms with E-state index in [0.717, 1.165) is 16.9 Å². The number of fused-ring (bicyclic) bond motifs is 2. The average molecular weight is 294 g/mol. The molecule has 1 unspecified atom stereocenters. The second kappa shape index (κ2) is 5.72. The lowest BCUT2D eigenvalue weighted by atomic mass is 10.2. The van der Waals surface area contributed by atoms with Crippen LogP contribution in [0.4, 0.5) is 11.4 Å². The maximum atomic E-state index is 4.30. The van der Waals surface area contributed by atoms with Gasteiger partial charge in [-0.15, -0.1) is 0 Å². The van der Waals surface area contributed by atoms with Gasteiger partial charge in [0.15, 0.2) is 0 Å². The molecule has 3 aromatic rings. The first-order valence-electron chi connectivity index (χ1n) is 7.58. The predicted octanol–water partition coefficient (Wildman–Crippen LogP) is 4.36. The van der Waals surface area contributed by atoms with Crippen molar-refractivity contribution in [3.05, 3.63) is 53.3 Å². The second-order valence-electron chi connectivity index (χ2n) is 5.90. The monoisotopic (exact) mass is 294 g/mol. The van der Waals surface area contributed by atoms with Crippen molar-refractivity contribution in [1.82, 2.24) is 9.97 Å². The van der Waals surface area contributed by atoms with Gasteiger partial charge in [0, 0.05) is 0 Å². The van der Waals surface area contributed by atoms with Gasteiger partial charge in [0.2, 0.25) is 0 Å². The van der Waals surface area contributed by atoms with Crippen molar-refractivity contribution < 1.29 is 0 Å². The molecule has 2 heterocycles. The van der Waals surface area contributed by atoms with Crippen molar-refractivity contribution in [2.75, 3.05) is 10.6 Å². The summed E-state index contributed by atoms with van der Waals surface area (Å²) >= 11 is 0. The van der Waals surface area contributed by atoms with Gasteiger partial charge < -0.3 is 15.6 Å². The van der Waals surface area contributed by atoms with E-state index in [9.17, 15) is 0 Å². The summed E-state index contributed by atoms with van der Waals surface area (Å²) < 4.78 is 0. The molecule has 2 aromatic carbocycles. The Morgan fingerprint density at radius 2 is 1.55 bits per heavy atom. The molecule has 1 aromatic heterocycles. The minimum Gasteiger partial charge on any atom is -0.364 e. The number of rotatable bonds is 0. The topological polar surface area (TPSA) is 52.7 Å². The second-order valence-corrected chi connectivity index (χ2v) is 5.90. The summed E-state index contributed by atoms with van der Waals surface area (Å²) in [5, 5.41) is 6.64. The Hall–Kier alpha value is -2.49. The molecule has 22 heavy (non-hydrogen) atoms. The zero-order valence-corrected chi connectivity index (χ0v) is 13.5. The fourth-order valence-electron chi connectivity index (χ4n) is 2.66. The van der Waals surface area contributed by atoms with Crippen molar-refractivity contribution >= 4 is 22.4 Å². The highest BCUT2D eigenvalue weighted by molar-refractivity contribution is 5.76.